The van der Waals surface area contributed by atoms with E-state index in [9.17, 15) is 5.11 Å². The molecule has 0 aliphatic carbocycles. The summed E-state index contributed by atoms with van der Waals surface area (Å²) in [5, 5.41) is 13.9. The summed E-state index contributed by atoms with van der Waals surface area (Å²) in [4.78, 5) is 2.44. The van der Waals surface area contributed by atoms with Gasteiger partial charge >= 0.3 is 0 Å². The van der Waals surface area contributed by atoms with Gasteiger partial charge in [0.05, 0.1) is 6.61 Å². The molecule has 0 aromatic heterocycles. The van der Waals surface area contributed by atoms with E-state index in [2.05, 4.69) is 16.8 Å². The first-order valence-electron chi connectivity index (χ1n) is 7.78. The number of benzene rings is 1. The lowest BCUT2D eigenvalue weighted by Gasteiger charge is -2.35. The molecule has 1 aliphatic heterocycles. The highest BCUT2D eigenvalue weighted by Crippen LogP contribution is 2.38. The molecule has 0 amide bonds. The van der Waals surface area contributed by atoms with Crippen molar-refractivity contribution in [3.8, 4) is 11.5 Å². The lowest BCUT2D eigenvalue weighted by atomic mass is 9.98. The van der Waals surface area contributed by atoms with E-state index in [1.54, 1.807) is 0 Å². The molecule has 4 heteroatoms. The van der Waals surface area contributed by atoms with Gasteiger partial charge in [0.2, 0.25) is 0 Å². The molecule has 0 bridgehead atoms. The maximum absolute atomic E-state index is 10.5. The number of nitrogens with one attached hydrogen (secondary N) is 1. The van der Waals surface area contributed by atoms with E-state index >= 15 is 0 Å². The van der Waals surface area contributed by atoms with Gasteiger partial charge in [-0.25, -0.2) is 0 Å². The van der Waals surface area contributed by atoms with E-state index in [1.807, 2.05) is 31.2 Å². The monoisotopic (exact) mass is 290 g/mol. The zero-order valence-corrected chi connectivity index (χ0v) is 12.8. The van der Waals surface area contributed by atoms with Gasteiger partial charge in [-0.1, -0.05) is 18.2 Å². The molecular formula is C17H26N2O2. The molecule has 0 saturated carbocycles. The van der Waals surface area contributed by atoms with E-state index in [4.69, 9.17) is 4.74 Å². The molecule has 2 rings (SSSR count). The van der Waals surface area contributed by atoms with Gasteiger partial charge in [0.15, 0.2) is 11.5 Å². The van der Waals surface area contributed by atoms with Crippen molar-refractivity contribution >= 4 is 0 Å². The minimum Gasteiger partial charge on any atom is -0.504 e. The molecule has 21 heavy (non-hydrogen) atoms. The Balaban J connectivity index is 2.26. The predicted octanol–water partition coefficient (Wildman–Crippen LogP) is 2.70. The predicted molar refractivity (Wildman–Crippen MR) is 85.9 cm³/mol. The molecule has 0 unspecified atom stereocenters. The smallest absolute Gasteiger partial charge is 0.162 e. The van der Waals surface area contributed by atoms with Crippen molar-refractivity contribution in [2.45, 2.75) is 25.8 Å². The largest absolute Gasteiger partial charge is 0.504 e. The van der Waals surface area contributed by atoms with Gasteiger partial charge in [0, 0.05) is 37.8 Å². The standard InChI is InChI=1S/C17H26N2O2/c1-3-5-8-15(19-12-10-18-11-13-19)14-7-6-9-16(17(14)20)21-4-2/h3,6-7,9,15,18,20H,1,4-5,8,10-13H2,2H3/t15-/m0/s1. The third-order valence-electron chi connectivity index (χ3n) is 3.93. The number of ether oxygens (including phenoxy) is 1. The highest BCUT2D eigenvalue weighted by atomic mass is 16.5. The SMILES string of the molecule is C=CCC[C@@H](c1cccc(OCC)c1O)N1CCNCC1. The van der Waals surface area contributed by atoms with Crippen molar-refractivity contribution in [2.75, 3.05) is 32.8 Å². The van der Waals surface area contributed by atoms with Crippen LogP contribution in [0.4, 0.5) is 0 Å². The van der Waals surface area contributed by atoms with Gasteiger partial charge in [0.25, 0.3) is 0 Å². The summed E-state index contributed by atoms with van der Waals surface area (Å²) in [6.07, 6.45) is 3.85. The molecule has 0 radical (unpaired) electrons. The lowest BCUT2D eigenvalue weighted by Crippen LogP contribution is -2.45. The Morgan fingerprint density at radius 2 is 2.19 bits per heavy atom. The number of para-hydroxylation sites is 1. The number of nitrogens with zero attached hydrogens (tertiary/aromatic N) is 1. The Labute approximate surface area is 127 Å². The van der Waals surface area contributed by atoms with E-state index in [-0.39, 0.29) is 11.8 Å². The van der Waals surface area contributed by atoms with Crippen LogP contribution in [0, 0.1) is 0 Å². The van der Waals surface area contributed by atoms with Gasteiger partial charge in [-0.15, -0.1) is 6.58 Å². The maximum Gasteiger partial charge on any atom is 0.162 e. The number of phenols is 1. The number of allylic oxidation sites excluding steroid dienone is 1. The Morgan fingerprint density at radius 1 is 1.43 bits per heavy atom. The number of rotatable bonds is 7. The second-order valence-electron chi connectivity index (χ2n) is 5.29. The molecule has 1 saturated heterocycles. The Hall–Kier alpha value is -1.52. The van der Waals surface area contributed by atoms with E-state index in [1.165, 1.54) is 0 Å². The Kier molecular flexibility index (Phi) is 6.08. The third-order valence-corrected chi connectivity index (χ3v) is 3.93. The van der Waals surface area contributed by atoms with Crippen LogP contribution in [0.5, 0.6) is 11.5 Å². The fourth-order valence-electron chi connectivity index (χ4n) is 2.88. The Morgan fingerprint density at radius 3 is 2.86 bits per heavy atom. The van der Waals surface area contributed by atoms with E-state index < -0.39 is 0 Å². The van der Waals surface area contributed by atoms with Gasteiger partial charge in [-0.2, -0.15) is 0 Å². The Bertz CT molecular complexity index is 456. The number of phenolic OH excluding ortho intramolecular Hbond substituents is 1. The summed E-state index contributed by atoms with van der Waals surface area (Å²) in [5.41, 5.74) is 0.963. The topological polar surface area (TPSA) is 44.7 Å². The van der Waals surface area contributed by atoms with Crippen molar-refractivity contribution in [3.05, 3.63) is 36.4 Å². The fraction of sp³-hybridized carbons (Fsp3) is 0.529. The van der Waals surface area contributed by atoms with E-state index in [0.29, 0.717) is 12.4 Å². The van der Waals surface area contributed by atoms with Crippen LogP contribution >= 0.6 is 0 Å². The van der Waals surface area contributed by atoms with Crippen molar-refractivity contribution in [1.82, 2.24) is 10.2 Å². The van der Waals surface area contributed by atoms with Crippen molar-refractivity contribution in [1.29, 1.82) is 0 Å². The van der Waals surface area contributed by atoms with Crippen LogP contribution in [0.3, 0.4) is 0 Å². The second kappa shape index (κ2) is 8.05. The summed E-state index contributed by atoms with van der Waals surface area (Å²) in [7, 11) is 0. The first-order chi connectivity index (χ1) is 10.3. The minimum atomic E-state index is 0.213. The maximum atomic E-state index is 10.5. The molecule has 1 heterocycles. The van der Waals surface area contributed by atoms with E-state index in [0.717, 1.165) is 44.6 Å². The first-order valence-corrected chi connectivity index (χ1v) is 7.78. The zero-order valence-electron chi connectivity index (χ0n) is 12.8. The number of hydrogen-bond donors (Lipinski definition) is 2. The number of aromatic hydroxyl groups is 1. The second-order valence-corrected chi connectivity index (χ2v) is 5.29. The molecular weight excluding hydrogens is 264 g/mol. The van der Waals surface area contributed by atoms with Crippen LogP contribution in [0.15, 0.2) is 30.9 Å². The zero-order chi connectivity index (χ0) is 15.1. The molecule has 1 aromatic carbocycles. The van der Waals surface area contributed by atoms with Crippen LogP contribution in [0.1, 0.15) is 31.4 Å². The van der Waals surface area contributed by atoms with Crippen molar-refractivity contribution in [3.63, 3.8) is 0 Å². The van der Waals surface area contributed by atoms with Crippen LogP contribution in [0.2, 0.25) is 0 Å². The molecule has 116 valence electrons. The molecule has 1 fully saturated rings. The molecule has 1 aromatic rings. The summed E-state index contributed by atoms with van der Waals surface area (Å²) in [6.45, 7) is 10.3. The van der Waals surface area contributed by atoms with Crippen molar-refractivity contribution < 1.29 is 9.84 Å². The van der Waals surface area contributed by atoms with Crippen LogP contribution in [0.25, 0.3) is 0 Å². The molecule has 2 N–H and O–H groups in total. The summed E-state index contributed by atoms with van der Waals surface area (Å²) < 4.78 is 5.52. The average Bonchev–Trinajstić information content (AvgIpc) is 2.52. The van der Waals surface area contributed by atoms with Gasteiger partial charge < -0.3 is 15.2 Å². The molecule has 1 aliphatic rings. The van der Waals surface area contributed by atoms with Crippen LogP contribution in [-0.4, -0.2) is 42.8 Å². The van der Waals surface area contributed by atoms with Gasteiger partial charge in [-0.3, -0.25) is 4.90 Å². The van der Waals surface area contributed by atoms with Gasteiger partial charge in [-0.05, 0) is 25.8 Å². The lowest BCUT2D eigenvalue weighted by molar-refractivity contribution is 0.163. The number of hydrogen-bond acceptors (Lipinski definition) is 4. The quantitative estimate of drug-likeness (QED) is 0.758. The summed E-state index contributed by atoms with van der Waals surface area (Å²) in [6, 6.07) is 6.01. The average molecular weight is 290 g/mol. The minimum absolute atomic E-state index is 0.213. The summed E-state index contributed by atoms with van der Waals surface area (Å²) >= 11 is 0. The highest BCUT2D eigenvalue weighted by molar-refractivity contribution is 5.47. The third kappa shape index (κ3) is 3.99. The normalized spacial score (nSPS) is 17.4. The molecule has 1 atom stereocenters. The summed E-state index contributed by atoms with van der Waals surface area (Å²) in [5.74, 6) is 0.862. The van der Waals surface area contributed by atoms with Crippen LogP contribution in [-0.2, 0) is 0 Å². The molecule has 0 spiro atoms. The molecule has 4 nitrogen and oxygen atoms in total. The van der Waals surface area contributed by atoms with Gasteiger partial charge in [0.1, 0.15) is 0 Å². The van der Waals surface area contributed by atoms with Crippen LogP contribution < -0.4 is 10.1 Å². The highest BCUT2D eigenvalue weighted by Gasteiger charge is 2.25. The first kappa shape index (κ1) is 15.9. The van der Waals surface area contributed by atoms with Crippen molar-refractivity contribution in [2.24, 2.45) is 0 Å². The number of piperazine rings is 1. The fourth-order valence-corrected chi connectivity index (χ4v) is 2.88.